The maximum atomic E-state index is 11.2. The Balaban J connectivity index is 1.73. The number of piperidine rings is 1. The predicted molar refractivity (Wildman–Crippen MR) is 94.8 cm³/mol. The highest BCUT2D eigenvalue weighted by Crippen LogP contribution is 2.26. The molecule has 1 saturated heterocycles. The zero-order valence-electron chi connectivity index (χ0n) is 14.4. The van der Waals surface area contributed by atoms with Gasteiger partial charge in [0.2, 0.25) is 0 Å². The highest BCUT2D eigenvalue weighted by Gasteiger charge is 2.22. The Hall–Kier alpha value is -1.85. The largest absolute Gasteiger partial charge is 0.490 e. The second-order valence-corrected chi connectivity index (χ2v) is 6.73. The molecular formula is C19H26N2O3. The first-order valence-corrected chi connectivity index (χ1v) is 8.72. The highest BCUT2D eigenvalue weighted by atomic mass is 16.5. The second-order valence-electron chi connectivity index (χ2n) is 6.73. The van der Waals surface area contributed by atoms with Crippen LogP contribution in [0.5, 0.6) is 5.75 Å². The molecule has 130 valence electrons. The van der Waals surface area contributed by atoms with Gasteiger partial charge in [-0.3, -0.25) is 4.79 Å². The summed E-state index contributed by atoms with van der Waals surface area (Å²) in [7, 11) is 0. The molecule has 1 aromatic heterocycles. The Bertz CT molecular complexity index is 700. The average Bonchev–Trinajstić information content (AvgIpc) is 2.93. The Morgan fingerprint density at radius 2 is 2.04 bits per heavy atom. The van der Waals surface area contributed by atoms with Crippen molar-refractivity contribution in [2.24, 2.45) is 0 Å². The number of rotatable bonds is 6. The summed E-state index contributed by atoms with van der Waals surface area (Å²) in [6, 6.07) is 8.36. The standard InChI is InChI=1S/C19H26N2O3/c1-14(2)20-7-5-17(6-8-20)24-18-3-4-19-15(12-18)11-16(13-23)21(19)9-10-22/h3-4,11-14,17,22H,5-10H2,1-2H3. The Kier molecular flexibility index (Phi) is 5.21. The molecule has 1 aliphatic heterocycles. The second kappa shape index (κ2) is 7.36. The third kappa shape index (κ3) is 3.47. The summed E-state index contributed by atoms with van der Waals surface area (Å²) in [5.41, 5.74) is 1.54. The number of hydrogen-bond acceptors (Lipinski definition) is 4. The first kappa shape index (κ1) is 17.0. The zero-order chi connectivity index (χ0) is 17.1. The number of aliphatic hydroxyl groups is 1. The maximum absolute atomic E-state index is 11.2. The number of hydrogen-bond donors (Lipinski definition) is 1. The lowest BCUT2D eigenvalue weighted by molar-refractivity contribution is 0.0844. The van der Waals surface area contributed by atoms with Gasteiger partial charge < -0.3 is 19.3 Å². The molecule has 2 aromatic rings. The van der Waals surface area contributed by atoms with Crippen molar-refractivity contribution in [3.05, 3.63) is 30.0 Å². The Labute approximate surface area is 142 Å². The number of ether oxygens (including phenoxy) is 1. The first-order chi connectivity index (χ1) is 11.6. The molecule has 2 heterocycles. The molecule has 0 bridgehead atoms. The van der Waals surface area contributed by atoms with E-state index in [9.17, 15) is 9.90 Å². The summed E-state index contributed by atoms with van der Waals surface area (Å²) in [6.07, 6.45) is 3.17. The fourth-order valence-electron chi connectivity index (χ4n) is 3.49. The lowest BCUT2D eigenvalue weighted by Crippen LogP contribution is -2.41. The van der Waals surface area contributed by atoms with Crippen LogP contribution in [-0.4, -0.2) is 52.7 Å². The third-order valence-corrected chi connectivity index (χ3v) is 4.86. The molecule has 5 nitrogen and oxygen atoms in total. The smallest absolute Gasteiger partial charge is 0.166 e. The van der Waals surface area contributed by atoms with Gasteiger partial charge in [-0.1, -0.05) is 0 Å². The summed E-state index contributed by atoms with van der Waals surface area (Å²) >= 11 is 0. The molecule has 0 saturated carbocycles. The van der Waals surface area contributed by atoms with Crippen LogP contribution in [0.2, 0.25) is 0 Å². The predicted octanol–water partition coefficient (Wildman–Crippen LogP) is 2.70. The monoisotopic (exact) mass is 330 g/mol. The lowest BCUT2D eigenvalue weighted by Gasteiger charge is -2.34. The van der Waals surface area contributed by atoms with Crippen LogP contribution in [-0.2, 0) is 6.54 Å². The van der Waals surface area contributed by atoms with Gasteiger partial charge in [0, 0.05) is 36.6 Å². The van der Waals surface area contributed by atoms with E-state index in [1.807, 2.05) is 28.8 Å². The number of likely N-dealkylation sites (tertiary alicyclic amines) is 1. The normalized spacial score (nSPS) is 16.8. The molecule has 24 heavy (non-hydrogen) atoms. The lowest BCUT2D eigenvalue weighted by atomic mass is 10.1. The number of aldehydes is 1. The van der Waals surface area contributed by atoms with Crippen molar-refractivity contribution >= 4 is 17.2 Å². The van der Waals surface area contributed by atoms with Gasteiger partial charge in [-0.15, -0.1) is 0 Å². The first-order valence-electron chi connectivity index (χ1n) is 8.72. The van der Waals surface area contributed by atoms with Gasteiger partial charge in [-0.25, -0.2) is 0 Å². The molecular weight excluding hydrogens is 304 g/mol. The molecule has 3 rings (SSSR count). The van der Waals surface area contributed by atoms with E-state index in [1.54, 1.807) is 0 Å². The van der Waals surface area contributed by atoms with Crippen molar-refractivity contribution < 1.29 is 14.6 Å². The molecule has 0 unspecified atom stereocenters. The molecule has 1 N–H and O–H groups in total. The topological polar surface area (TPSA) is 54.7 Å². The number of benzene rings is 1. The fourth-order valence-corrected chi connectivity index (χ4v) is 3.49. The van der Waals surface area contributed by atoms with Crippen LogP contribution >= 0.6 is 0 Å². The van der Waals surface area contributed by atoms with Crippen molar-refractivity contribution in [3.8, 4) is 5.75 Å². The summed E-state index contributed by atoms with van der Waals surface area (Å²) in [5.74, 6) is 0.851. The van der Waals surface area contributed by atoms with E-state index in [-0.39, 0.29) is 12.7 Å². The third-order valence-electron chi connectivity index (χ3n) is 4.86. The van der Waals surface area contributed by atoms with Crippen LogP contribution < -0.4 is 4.74 Å². The number of aliphatic hydroxyl groups excluding tert-OH is 1. The molecule has 1 aliphatic rings. The van der Waals surface area contributed by atoms with Gasteiger partial charge in [0.1, 0.15) is 11.9 Å². The van der Waals surface area contributed by atoms with E-state index < -0.39 is 0 Å². The SMILES string of the molecule is CC(C)N1CCC(Oc2ccc3c(c2)cc(C=O)n3CCO)CC1. The van der Waals surface area contributed by atoms with E-state index in [0.29, 0.717) is 18.3 Å². The van der Waals surface area contributed by atoms with Crippen molar-refractivity contribution in [3.63, 3.8) is 0 Å². The van der Waals surface area contributed by atoms with Crippen LogP contribution in [0, 0.1) is 0 Å². The average molecular weight is 330 g/mol. The fraction of sp³-hybridized carbons (Fsp3) is 0.526. The van der Waals surface area contributed by atoms with Gasteiger partial charge in [0.25, 0.3) is 0 Å². The molecule has 5 heteroatoms. The van der Waals surface area contributed by atoms with E-state index in [1.165, 1.54) is 0 Å². The number of carbonyl (C=O) groups is 1. The zero-order valence-corrected chi connectivity index (χ0v) is 14.4. The molecule has 0 spiro atoms. The molecule has 1 fully saturated rings. The van der Waals surface area contributed by atoms with Crippen LogP contribution in [0.4, 0.5) is 0 Å². The van der Waals surface area contributed by atoms with Crippen LogP contribution in [0.3, 0.4) is 0 Å². The summed E-state index contributed by atoms with van der Waals surface area (Å²) < 4.78 is 8.00. The molecule has 0 radical (unpaired) electrons. The van der Waals surface area contributed by atoms with Crippen LogP contribution in [0.25, 0.3) is 10.9 Å². The minimum Gasteiger partial charge on any atom is -0.490 e. The van der Waals surface area contributed by atoms with Crippen LogP contribution in [0.1, 0.15) is 37.2 Å². The van der Waals surface area contributed by atoms with Crippen molar-refractivity contribution in [2.45, 2.75) is 45.4 Å². The molecule has 0 aliphatic carbocycles. The van der Waals surface area contributed by atoms with E-state index in [4.69, 9.17) is 4.74 Å². The van der Waals surface area contributed by atoms with Gasteiger partial charge in [0.05, 0.1) is 12.3 Å². The van der Waals surface area contributed by atoms with Gasteiger partial charge in [0.15, 0.2) is 6.29 Å². The quantitative estimate of drug-likeness (QED) is 0.828. The number of fused-ring (bicyclic) bond motifs is 1. The number of aromatic nitrogens is 1. The maximum Gasteiger partial charge on any atom is 0.166 e. The Morgan fingerprint density at radius 1 is 1.29 bits per heavy atom. The summed E-state index contributed by atoms with van der Waals surface area (Å²) in [5, 5.41) is 10.2. The summed E-state index contributed by atoms with van der Waals surface area (Å²) in [6.45, 7) is 7.05. The van der Waals surface area contributed by atoms with Gasteiger partial charge in [-0.2, -0.15) is 0 Å². The summed E-state index contributed by atoms with van der Waals surface area (Å²) in [4.78, 5) is 13.7. The van der Waals surface area contributed by atoms with Gasteiger partial charge in [-0.05, 0) is 51.0 Å². The molecule has 1 aromatic carbocycles. The van der Waals surface area contributed by atoms with Crippen molar-refractivity contribution in [1.82, 2.24) is 9.47 Å². The minimum absolute atomic E-state index is 0.0112. The van der Waals surface area contributed by atoms with Crippen molar-refractivity contribution in [2.75, 3.05) is 19.7 Å². The number of carbonyl (C=O) groups excluding carboxylic acids is 1. The van der Waals surface area contributed by atoms with Crippen LogP contribution in [0.15, 0.2) is 24.3 Å². The number of nitrogens with zero attached hydrogens (tertiary/aromatic N) is 2. The highest BCUT2D eigenvalue weighted by molar-refractivity contribution is 5.89. The Morgan fingerprint density at radius 3 is 2.67 bits per heavy atom. The minimum atomic E-state index is 0.0112. The van der Waals surface area contributed by atoms with E-state index in [0.717, 1.165) is 48.9 Å². The van der Waals surface area contributed by atoms with E-state index in [2.05, 4.69) is 18.7 Å². The van der Waals surface area contributed by atoms with E-state index >= 15 is 0 Å². The van der Waals surface area contributed by atoms with Crippen molar-refractivity contribution in [1.29, 1.82) is 0 Å². The van der Waals surface area contributed by atoms with Gasteiger partial charge >= 0.3 is 0 Å². The molecule has 0 amide bonds. The molecule has 0 atom stereocenters.